The first-order chi connectivity index (χ1) is 6.18. The molecule has 0 fully saturated rings. The van der Waals surface area contributed by atoms with Crippen LogP contribution in [0.2, 0.25) is 0 Å². The van der Waals surface area contributed by atoms with Crippen molar-refractivity contribution in [3.8, 4) is 11.5 Å². The quantitative estimate of drug-likeness (QED) is 0.487. The highest BCUT2D eigenvalue weighted by atomic mass is 79.9. The molecule has 0 saturated heterocycles. The minimum atomic E-state index is -0.0331. The largest absolute Gasteiger partial charge is 1.00 e. The van der Waals surface area contributed by atoms with Gasteiger partial charge in [0, 0.05) is 6.04 Å². The third kappa shape index (κ3) is 1.86. The Bertz CT molecular complexity index is 341. The van der Waals surface area contributed by atoms with Crippen molar-refractivity contribution in [1.82, 2.24) is 5.32 Å². The molecule has 1 aliphatic rings. The van der Waals surface area contributed by atoms with E-state index in [1.165, 1.54) is 0 Å². The molecule has 3 nitrogen and oxygen atoms in total. The SMILES string of the molecule is C[C@@H]1NCCc2cc(O)c(O)cc21.[Br-]. The van der Waals surface area contributed by atoms with E-state index in [0.717, 1.165) is 24.1 Å². The van der Waals surface area contributed by atoms with Gasteiger partial charge in [-0.25, -0.2) is 0 Å². The summed E-state index contributed by atoms with van der Waals surface area (Å²) >= 11 is 0. The molecule has 0 unspecified atom stereocenters. The molecule has 2 rings (SSSR count). The van der Waals surface area contributed by atoms with Crippen LogP contribution in [0, 0.1) is 0 Å². The normalized spacial score (nSPS) is 19.6. The number of hydrogen-bond acceptors (Lipinski definition) is 3. The van der Waals surface area contributed by atoms with Gasteiger partial charge in [0.25, 0.3) is 0 Å². The minimum absolute atomic E-state index is 0. The second-order valence-electron chi connectivity index (χ2n) is 3.47. The minimum Gasteiger partial charge on any atom is -1.00 e. The first-order valence-corrected chi connectivity index (χ1v) is 4.46. The van der Waals surface area contributed by atoms with Crippen molar-refractivity contribution >= 4 is 0 Å². The Kier molecular flexibility index (Phi) is 3.39. The van der Waals surface area contributed by atoms with Crippen molar-refractivity contribution in [1.29, 1.82) is 0 Å². The predicted molar refractivity (Wildman–Crippen MR) is 49.9 cm³/mol. The molecule has 0 bridgehead atoms. The molecule has 1 atom stereocenters. The highest BCUT2D eigenvalue weighted by molar-refractivity contribution is 5.47. The molecule has 0 aliphatic carbocycles. The Labute approximate surface area is 93.5 Å². The van der Waals surface area contributed by atoms with Crippen molar-refractivity contribution in [3.63, 3.8) is 0 Å². The van der Waals surface area contributed by atoms with Crippen LogP contribution in [-0.2, 0) is 6.42 Å². The lowest BCUT2D eigenvalue weighted by Gasteiger charge is -2.24. The number of fused-ring (bicyclic) bond motifs is 1. The van der Waals surface area contributed by atoms with Crippen LogP contribution in [0.4, 0.5) is 0 Å². The average molecular weight is 259 g/mol. The van der Waals surface area contributed by atoms with Gasteiger partial charge in [-0.3, -0.25) is 0 Å². The van der Waals surface area contributed by atoms with Crippen LogP contribution in [-0.4, -0.2) is 16.8 Å². The molecule has 0 radical (unpaired) electrons. The maximum absolute atomic E-state index is 9.32. The van der Waals surface area contributed by atoms with Crippen LogP contribution in [0.3, 0.4) is 0 Å². The second kappa shape index (κ2) is 4.19. The van der Waals surface area contributed by atoms with Crippen molar-refractivity contribution in [2.75, 3.05) is 6.54 Å². The van der Waals surface area contributed by atoms with E-state index in [1.807, 2.05) is 0 Å². The number of nitrogens with one attached hydrogen (secondary N) is 1. The van der Waals surface area contributed by atoms with Gasteiger partial charge in [0.05, 0.1) is 0 Å². The summed E-state index contributed by atoms with van der Waals surface area (Å²) in [6, 6.07) is 3.55. The molecule has 3 N–H and O–H groups in total. The molecule has 1 aliphatic heterocycles. The van der Waals surface area contributed by atoms with E-state index in [-0.39, 0.29) is 34.5 Å². The van der Waals surface area contributed by atoms with E-state index >= 15 is 0 Å². The lowest BCUT2D eigenvalue weighted by Crippen LogP contribution is -3.00. The van der Waals surface area contributed by atoms with Crippen molar-refractivity contribution < 1.29 is 27.2 Å². The standard InChI is InChI=1S/C10H13NO2.BrH/c1-6-8-5-10(13)9(12)4-7(8)2-3-11-6;/h4-6,11-13H,2-3H2,1H3;1H/p-1/t6-;/m0./s1. The second-order valence-corrected chi connectivity index (χ2v) is 3.47. The molecule has 4 heteroatoms. The molecular formula is C10H13BrNO2-. The lowest BCUT2D eigenvalue weighted by molar-refractivity contribution is -0.00000458. The molecule has 0 aromatic heterocycles. The number of benzene rings is 1. The maximum Gasteiger partial charge on any atom is 0.157 e. The Balaban J connectivity index is 0.000000980. The number of phenols is 2. The Morgan fingerprint density at radius 1 is 1.29 bits per heavy atom. The number of aromatic hydroxyl groups is 2. The summed E-state index contributed by atoms with van der Waals surface area (Å²) in [5.74, 6) is -0.0536. The van der Waals surface area contributed by atoms with Crippen LogP contribution < -0.4 is 22.3 Å². The molecule has 0 amide bonds. The summed E-state index contributed by atoms with van der Waals surface area (Å²) in [6.07, 6.45) is 0.910. The van der Waals surface area contributed by atoms with Crippen LogP contribution >= 0.6 is 0 Å². The predicted octanol–water partition coefficient (Wildman–Crippen LogP) is -1.69. The smallest absolute Gasteiger partial charge is 0.157 e. The van der Waals surface area contributed by atoms with Gasteiger partial charge < -0.3 is 32.5 Å². The summed E-state index contributed by atoms with van der Waals surface area (Å²) in [6.45, 7) is 2.98. The Morgan fingerprint density at radius 3 is 2.64 bits per heavy atom. The van der Waals surface area contributed by atoms with Gasteiger partial charge in [0.1, 0.15) is 0 Å². The van der Waals surface area contributed by atoms with Crippen LogP contribution in [0.15, 0.2) is 12.1 Å². The van der Waals surface area contributed by atoms with E-state index in [9.17, 15) is 10.2 Å². The highest BCUT2D eigenvalue weighted by Crippen LogP contribution is 2.33. The van der Waals surface area contributed by atoms with Gasteiger partial charge in [-0.05, 0) is 43.1 Å². The van der Waals surface area contributed by atoms with Crippen molar-refractivity contribution in [2.45, 2.75) is 19.4 Å². The first kappa shape index (κ1) is 11.3. The maximum atomic E-state index is 9.32. The van der Waals surface area contributed by atoms with Gasteiger partial charge in [0.15, 0.2) is 11.5 Å². The number of phenolic OH excluding ortho intramolecular Hbond substituents is 2. The monoisotopic (exact) mass is 258 g/mol. The van der Waals surface area contributed by atoms with E-state index in [1.54, 1.807) is 12.1 Å². The molecule has 78 valence electrons. The lowest BCUT2D eigenvalue weighted by atomic mass is 9.95. The fourth-order valence-corrected chi connectivity index (χ4v) is 1.79. The number of halogens is 1. The number of rotatable bonds is 0. The zero-order chi connectivity index (χ0) is 9.42. The molecule has 14 heavy (non-hydrogen) atoms. The van der Waals surface area contributed by atoms with E-state index < -0.39 is 0 Å². The zero-order valence-corrected chi connectivity index (χ0v) is 9.50. The van der Waals surface area contributed by atoms with Gasteiger partial charge in [-0.1, -0.05) is 0 Å². The van der Waals surface area contributed by atoms with Gasteiger partial charge in [-0.2, -0.15) is 0 Å². The molecule has 0 spiro atoms. The molecule has 0 saturated carbocycles. The molecular weight excluding hydrogens is 246 g/mol. The Morgan fingerprint density at radius 2 is 1.93 bits per heavy atom. The number of hydrogen-bond donors (Lipinski definition) is 3. The van der Waals surface area contributed by atoms with E-state index in [2.05, 4.69) is 12.2 Å². The highest BCUT2D eigenvalue weighted by Gasteiger charge is 2.17. The summed E-state index contributed by atoms with van der Waals surface area (Å²) in [5.41, 5.74) is 2.21. The first-order valence-electron chi connectivity index (χ1n) is 4.46. The third-order valence-electron chi connectivity index (χ3n) is 2.55. The topological polar surface area (TPSA) is 52.5 Å². The zero-order valence-electron chi connectivity index (χ0n) is 7.92. The van der Waals surface area contributed by atoms with Crippen molar-refractivity contribution in [2.24, 2.45) is 0 Å². The fourth-order valence-electron chi connectivity index (χ4n) is 1.79. The van der Waals surface area contributed by atoms with Crippen LogP contribution in [0.25, 0.3) is 0 Å². The summed E-state index contributed by atoms with van der Waals surface area (Å²) < 4.78 is 0. The van der Waals surface area contributed by atoms with Crippen molar-refractivity contribution in [3.05, 3.63) is 23.3 Å². The fraction of sp³-hybridized carbons (Fsp3) is 0.400. The van der Waals surface area contributed by atoms with E-state index in [0.29, 0.717) is 0 Å². The van der Waals surface area contributed by atoms with Crippen LogP contribution in [0.1, 0.15) is 24.1 Å². The summed E-state index contributed by atoms with van der Waals surface area (Å²) in [5, 5.41) is 21.9. The Hall–Kier alpha value is -0.740. The van der Waals surface area contributed by atoms with Crippen LogP contribution in [0.5, 0.6) is 11.5 Å². The third-order valence-corrected chi connectivity index (χ3v) is 2.55. The summed E-state index contributed by atoms with van der Waals surface area (Å²) in [7, 11) is 0. The van der Waals surface area contributed by atoms with Gasteiger partial charge in [-0.15, -0.1) is 0 Å². The van der Waals surface area contributed by atoms with Gasteiger partial charge >= 0.3 is 0 Å². The molecule has 1 heterocycles. The van der Waals surface area contributed by atoms with Gasteiger partial charge in [0.2, 0.25) is 0 Å². The molecule has 1 aromatic carbocycles. The average Bonchev–Trinajstić information content (AvgIpc) is 2.09. The summed E-state index contributed by atoms with van der Waals surface area (Å²) in [4.78, 5) is 0. The van der Waals surface area contributed by atoms with E-state index in [4.69, 9.17) is 0 Å². The molecule has 1 aromatic rings.